The summed E-state index contributed by atoms with van der Waals surface area (Å²) < 4.78 is 18.8. The molecule has 0 spiro atoms. The van der Waals surface area contributed by atoms with Gasteiger partial charge in [0.1, 0.15) is 11.6 Å². The number of carbonyl (C=O) groups is 1. The lowest BCUT2D eigenvalue weighted by molar-refractivity contribution is -0.384. The Bertz CT molecular complexity index is 696. The van der Waals surface area contributed by atoms with Crippen LogP contribution in [0.4, 0.5) is 10.1 Å². The van der Waals surface area contributed by atoms with E-state index in [-0.39, 0.29) is 17.8 Å². The van der Waals surface area contributed by atoms with E-state index in [1.54, 1.807) is 13.0 Å². The molecule has 1 heterocycles. The summed E-state index contributed by atoms with van der Waals surface area (Å²) >= 11 is 0. The van der Waals surface area contributed by atoms with Gasteiger partial charge in [-0.3, -0.25) is 14.9 Å². The second-order valence-electron chi connectivity index (χ2n) is 4.58. The molecule has 2 rings (SSSR count). The summed E-state index contributed by atoms with van der Waals surface area (Å²) in [6.07, 6.45) is 1.50. The van der Waals surface area contributed by atoms with E-state index in [2.05, 4.69) is 0 Å². The number of rotatable bonds is 4. The zero-order chi connectivity index (χ0) is 15.6. The van der Waals surface area contributed by atoms with E-state index >= 15 is 0 Å². The summed E-state index contributed by atoms with van der Waals surface area (Å²) in [5, 5.41) is 10.7. The first kappa shape index (κ1) is 14.7. The molecule has 0 N–H and O–H groups in total. The Hall–Kier alpha value is -2.70. The monoisotopic (exact) mass is 292 g/mol. The number of benzene rings is 1. The number of carbonyl (C=O) groups excluding carboxylic acids is 1. The van der Waals surface area contributed by atoms with E-state index in [0.29, 0.717) is 5.76 Å². The molecule has 21 heavy (non-hydrogen) atoms. The van der Waals surface area contributed by atoms with E-state index in [4.69, 9.17) is 4.42 Å². The Kier molecular flexibility index (Phi) is 4.02. The second kappa shape index (κ2) is 5.74. The van der Waals surface area contributed by atoms with Crippen LogP contribution in [-0.2, 0) is 6.54 Å². The Labute approximate surface area is 119 Å². The summed E-state index contributed by atoms with van der Waals surface area (Å²) in [6, 6.07) is 4.59. The van der Waals surface area contributed by atoms with E-state index in [9.17, 15) is 19.3 Å². The summed E-state index contributed by atoms with van der Waals surface area (Å²) in [7, 11) is 1.49. The third kappa shape index (κ3) is 3.07. The molecular weight excluding hydrogens is 279 g/mol. The molecular formula is C14H13FN2O4. The Morgan fingerprint density at radius 3 is 2.71 bits per heavy atom. The number of nitro benzene ring substituents is 1. The van der Waals surface area contributed by atoms with Crippen LogP contribution in [0.1, 0.15) is 21.7 Å². The van der Waals surface area contributed by atoms with Crippen molar-refractivity contribution in [1.29, 1.82) is 0 Å². The Balaban J connectivity index is 2.25. The van der Waals surface area contributed by atoms with Crippen LogP contribution in [0.3, 0.4) is 0 Å². The quantitative estimate of drug-likeness (QED) is 0.641. The predicted molar refractivity (Wildman–Crippen MR) is 72.3 cm³/mol. The fourth-order valence-corrected chi connectivity index (χ4v) is 1.90. The van der Waals surface area contributed by atoms with Crippen molar-refractivity contribution >= 4 is 11.6 Å². The zero-order valence-electron chi connectivity index (χ0n) is 11.5. The van der Waals surface area contributed by atoms with Gasteiger partial charge >= 0.3 is 0 Å². The molecule has 7 heteroatoms. The van der Waals surface area contributed by atoms with Crippen LogP contribution in [0.2, 0.25) is 0 Å². The van der Waals surface area contributed by atoms with Crippen LogP contribution in [0.5, 0.6) is 0 Å². The number of nitro groups is 1. The van der Waals surface area contributed by atoms with Gasteiger partial charge in [-0.2, -0.15) is 0 Å². The molecule has 0 bridgehead atoms. The van der Waals surface area contributed by atoms with Crippen LogP contribution < -0.4 is 0 Å². The highest BCUT2D eigenvalue weighted by molar-refractivity contribution is 5.95. The lowest BCUT2D eigenvalue weighted by atomic mass is 10.1. The first-order chi connectivity index (χ1) is 9.90. The van der Waals surface area contributed by atoms with Crippen LogP contribution in [0.25, 0.3) is 0 Å². The van der Waals surface area contributed by atoms with Crippen molar-refractivity contribution in [2.45, 2.75) is 13.5 Å². The normalized spacial score (nSPS) is 10.4. The standard InChI is InChI=1S/C14H13FN2O4/c1-9-10(5-6-21-9)8-16(2)14(18)12-7-11(17(19)20)3-4-13(12)15/h3-7H,8H2,1-2H3. The van der Waals surface area contributed by atoms with Crippen molar-refractivity contribution in [3.63, 3.8) is 0 Å². The average molecular weight is 292 g/mol. The SMILES string of the molecule is Cc1occc1CN(C)C(=O)c1cc([N+](=O)[O-])ccc1F. The molecule has 2 aromatic rings. The van der Waals surface area contributed by atoms with Crippen molar-refractivity contribution in [3.05, 3.63) is 63.3 Å². The van der Waals surface area contributed by atoms with Gasteiger partial charge in [0.15, 0.2) is 0 Å². The smallest absolute Gasteiger partial charge is 0.270 e. The highest BCUT2D eigenvalue weighted by Gasteiger charge is 2.20. The minimum absolute atomic E-state index is 0.225. The minimum Gasteiger partial charge on any atom is -0.469 e. The number of furan rings is 1. The van der Waals surface area contributed by atoms with Crippen molar-refractivity contribution in [2.24, 2.45) is 0 Å². The topological polar surface area (TPSA) is 76.6 Å². The summed E-state index contributed by atoms with van der Waals surface area (Å²) in [5.41, 5.74) is 0.136. The van der Waals surface area contributed by atoms with E-state index < -0.39 is 16.6 Å². The molecule has 0 aliphatic rings. The van der Waals surface area contributed by atoms with Crippen LogP contribution in [0.15, 0.2) is 34.9 Å². The van der Waals surface area contributed by atoms with Gasteiger partial charge in [0, 0.05) is 31.3 Å². The Morgan fingerprint density at radius 1 is 1.43 bits per heavy atom. The van der Waals surface area contributed by atoms with Crippen molar-refractivity contribution in [3.8, 4) is 0 Å². The van der Waals surface area contributed by atoms with Crippen LogP contribution in [0, 0.1) is 22.9 Å². The third-order valence-corrected chi connectivity index (χ3v) is 3.11. The number of hydrogen-bond donors (Lipinski definition) is 0. The summed E-state index contributed by atoms with van der Waals surface area (Å²) in [5.74, 6) is -0.757. The van der Waals surface area contributed by atoms with Gasteiger partial charge in [-0.25, -0.2) is 4.39 Å². The fraction of sp³-hybridized carbons (Fsp3) is 0.214. The summed E-state index contributed by atoms with van der Waals surface area (Å²) in [4.78, 5) is 23.5. The fourth-order valence-electron chi connectivity index (χ4n) is 1.90. The van der Waals surface area contributed by atoms with Gasteiger partial charge in [0.05, 0.1) is 16.7 Å². The molecule has 1 aromatic heterocycles. The predicted octanol–water partition coefficient (Wildman–Crippen LogP) is 2.91. The van der Waals surface area contributed by atoms with Crippen molar-refractivity contribution in [1.82, 2.24) is 4.90 Å². The number of nitrogens with zero attached hydrogens (tertiary/aromatic N) is 2. The van der Waals surface area contributed by atoms with Gasteiger partial charge in [0.2, 0.25) is 0 Å². The molecule has 1 amide bonds. The van der Waals surface area contributed by atoms with Gasteiger partial charge in [0.25, 0.3) is 11.6 Å². The Morgan fingerprint density at radius 2 is 2.14 bits per heavy atom. The number of amides is 1. The molecule has 0 unspecified atom stereocenters. The van der Waals surface area contributed by atoms with Crippen molar-refractivity contribution in [2.75, 3.05) is 7.05 Å². The van der Waals surface area contributed by atoms with E-state index in [0.717, 1.165) is 23.8 Å². The largest absolute Gasteiger partial charge is 0.469 e. The average Bonchev–Trinajstić information content (AvgIpc) is 2.83. The molecule has 0 radical (unpaired) electrons. The lowest BCUT2D eigenvalue weighted by Crippen LogP contribution is -2.27. The molecule has 0 saturated heterocycles. The van der Waals surface area contributed by atoms with Crippen LogP contribution in [-0.4, -0.2) is 22.8 Å². The first-order valence-electron chi connectivity index (χ1n) is 6.12. The van der Waals surface area contributed by atoms with E-state index in [1.807, 2.05) is 0 Å². The minimum atomic E-state index is -0.790. The maximum absolute atomic E-state index is 13.7. The van der Waals surface area contributed by atoms with Gasteiger partial charge in [-0.15, -0.1) is 0 Å². The summed E-state index contributed by atoms with van der Waals surface area (Å²) in [6.45, 7) is 1.98. The number of halogens is 1. The third-order valence-electron chi connectivity index (χ3n) is 3.11. The number of non-ortho nitro benzene ring substituents is 1. The molecule has 6 nitrogen and oxygen atoms in total. The first-order valence-corrected chi connectivity index (χ1v) is 6.12. The molecule has 1 aromatic carbocycles. The lowest BCUT2D eigenvalue weighted by Gasteiger charge is -2.17. The number of hydrogen-bond acceptors (Lipinski definition) is 4. The van der Waals surface area contributed by atoms with Gasteiger partial charge < -0.3 is 9.32 Å². The molecule has 0 atom stereocenters. The van der Waals surface area contributed by atoms with E-state index in [1.165, 1.54) is 18.2 Å². The molecule has 0 aliphatic carbocycles. The second-order valence-corrected chi connectivity index (χ2v) is 4.58. The zero-order valence-corrected chi connectivity index (χ0v) is 11.5. The molecule has 110 valence electrons. The van der Waals surface area contributed by atoms with Crippen LogP contribution >= 0.6 is 0 Å². The molecule has 0 aliphatic heterocycles. The molecule has 0 saturated carbocycles. The maximum Gasteiger partial charge on any atom is 0.270 e. The van der Waals surface area contributed by atoms with Gasteiger partial charge in [-0.1, -0.05) is 0 Å². The van der Waals surface area contributed by atoms with Gasteiger partial charge in [-0.05, 0) is 19.1 Å². The van der Waals surface area contributed by atoms with Crippen molar-refractivity contribution < 1.29 is 18.5 Å². The highest BCUT2D eigenvalue weighted by atomic mass is 19.1. The molecule has 0 fully saturated rings. The maximum atomic E-state index is 13.7. The highest BCUT2D eigenvalue weighted by Crippen LogP contribution is 2.19. The number of aryl methyl sites for hydroxylation is 1.